The highest BCUT2D eigenvalue weighted by molar-refractivity contribution is 5.81. The van der Waals surface area contributed by atoms with E-state index in [1.54, 1.807) is 13.8 Å². The lowest BCUT2D eigenvalue weighted by Gasteiger charge is -2.21. The van der Waals surface area contributed by atoms with Crippen molar-refractivity contribution in [3.63, 3.8) is 0 Å². The van der Waals surface area contributed by atoms with Crippen molar-refractivity contribution in [2.24, 2.45) is 5.92 Å². The maximum atomic E-state index is 11.8. The van der Waals surface area contributed by atoms with Gasteiger partial charge < -0.3 is 15.2 Å². The Morgan fingerprint density at radius 2 is 1.79 bits per heavy atom. The summed E-state index contributed by atoms with van der Waals surface area (Å²) in [5, 5.41) is 11.4. The van der Waals surface area contributed by atoms with E-state index >= 15 is 0 Å². The SMILES string of the molecule is CC(CNC(=O)C(C)OC1CCCCCC1)C(=O)O. The van der Waals surface area contributed by atoms with Gasteiger partial charge in [0.2, 0.25) is 5.91 Å². The highest BCUT2D eigenvalue weighted by Gasteiger charge is 2.21. The fraction of sp³-hybridized carbons (Fsp3) is 0.857. The molecule has 0 aromatic carbocycles. The first-order valence-electron chi connectivity index (χ1n) is 7.16. The molecule has 1 saturated carbocycles. The number of carbonyl (C=O) groups is 2. The standard InChI is InChI=1S/C14H25NO4/c1-10(14(17)18)9-15-13(16)11(2)19-12-7-5-3-4-6-8-12/h10-12H,3-9H2,1-2H3,(H,15,16)(H,17,18). The normalized spacial score (nSPS) is 20.3. The number of amides is 1. The largest absolute Gasteiger partial charge is 0.481 e. The minimum atomic E-state index is -0.905. The molecule has 0 bridgehead atoms. The molecule has 2 unspecified atom stereocenters. The molecule has 1 aliphatic carbocycles. The van der Waals surface area contributed by atoms with Crippen molar-refractivity contribution in [1.82, 2.24) is 5.32 Å². The van der Waals surface area contributed by atoms with Gasteiger partial charge in [0.1, 0.15) is 6.10 Å². The topological polar surface area (TPSA) is 75.6 Å². The summed E-state index contributed by atoms with van der Waals surface area (Å²) in [4.78, 5) is 22.5. The molecule has 1 fully saturated rings. The lowest BCUT2D eigenvalue weighted by molar-refractivity contribution is -0.141. The van der Waals surface area contributed by atoms with Crippen LogP contribution < -0.4 is 5.32 Å². The molecule has 0 heterocycles. The molecule has 5 nitrogen and oxygen atoms in total. The maximum Gasteiger partial charge on any atom is 0.308 e. The van der Waals surface area contributed by atoms with Crippen LogP contribution in [-0.4, -0.2) is 35.7 Å². The fourth-order valence-corrected chi connectivity index (χ4v) is 2.21. The first-order chi connectivity index (χ1) is 9.00. The zero-order chi connectivity index (χ0) is 14.3. The predicted molar refractivity (Wildman–Crippen MR) is 71.8 cm³/mol. The maximum absolute atomic E-state index is 11.8. The molecule has 0 aliphatic heterocycles. The molecule has 0 spiro atoms. The van der Waals surface area contributed by atoms with Crippen LogP contribution in [0.5, 0.6) is 0 Å². The van der Waals surface area contributed by atoms with E-state index in [4.69, 9.17) is 9.84 Å². The average Bonchev–Trinajstić information content (AvgIpc) is 2.63. The molecule has 1 amide bonds. The number of ether oxygens (including phenoxy) is 1. The van der Waals surface area contributed by atoms with Crippen molar-refractivity contribution in [1.29, 1.82) is 0 Å². The highest BCUT2D eigenvalue weighted by Crippen LogP contribution is 2.20. The molecule has 0 aromatic heterocycles. The summed E-state index contributed by atoms with van der Waals surface area (Å²) in [5.41, 5.74) is 0. The van der Waals surface area contributed by atoms with Gasteiger partial charge >= 0.3 is 5.97 Å². The predicted octanol–water partition coefficient (Wildman–Crippen LogP) is 1.95. The Morgan fingerprint density at radius 1 is 1.21 bits per heavy atom. The van der Waals surface area contributed by atoms with Crippen molar-refractivity contribution >= 4 is 11.9 Å². The van der Waals surface area contributed by atoms with Gasteiger partial charge in [0.15, 0.2) is 0 Å². The van der Waals surface area contributed by atoms with Gasteiger partial charge in [0.25, 0.3) is 0 Å². The van der Waals surface area contributed by atoms with Crippen LogP contribution >= 0.6 is 0 Å². The van der Waals surface area contributed by atoms with Crippen LogP contribution in [0.4, 0.5) is 0 Å². The van der Waals surface area contributed by atoms with Crippen molar-refractivity contribution in [3.05, 3.63) is 0 Å². The van der Waals surface area contributed by atoms with Gasteiger partial charge in [-0.05, 0) is 19.8 Å². The number of hydrogen-bond acceptors (Lipinski definition) is 3. The number of carboxylic acid groups (broad SMARTS) is 1. The van der Waals surface area contributed by atoms with Gasteiger partial charge in [-0.15, -0.1) is 0 Å². The molecule has 0 aromatic rings. The smallest absolute Gasteiger partial charge is 0.308 e. The van der Waals surface area contributed by atoms with Gasteiger partial charge in [-0.3, -0.25) is 9.59 Å². The van der Waals surface area contributed by atoms with Crippen LogP contribution in [0.1, 0.15) is 52.4 Å². The first-order valence-corrected chi connectivity index (χ1v) is 7.16. The summed E-state index contributed by atoms with van der Waals surface area (Å²) in [6, 6.07) is 0. The molecule has 0 saturated heterocycles. The van der Waals surface area contributed by atoms with Crippen molar-refractivity contribution in [2.45, 2.75) is 64.6 Å². The monoisotopic (exact) mass is 271 g/mol. The van der Waals surface area contributed by atoms with Crippen LogP contribution in [-0.2, 0) is 14.3 Å². The third-order valence-corrected chi connectivity index (χ3v) is 3.57. The molecular weight excluding hydrogens is 246 g/mol. The molecule has 2 N–H and O–H groups in total. The van der Waals surface area contributed by atoms with Crippen LogP contribution in [0, 0.1) is 5.92 Å². The Labute approximate surface area is 114 Å². The van der Waals surface area contributed by atoms with Crippen LogP contribution in [0.2, 0.25) is 0 Å². The van der Waals surface area contributed by atoms with Gasteiger partial charge in [-0.25, -0.2) is 0 Å². The Kier molecular flexibility index (Phi) is 6.84. The van der Waals surface area contributed by atoms with Gasteiger partial charge in [0, 0.05) is 6.54 Å². The van der Waals surface area contributed by atoms with Crippen molar-refractivity contribution in [2.75, 3.05) is 6.54 Å². The second kappa shape index (κ2) is 8.15. The zero-order valence-electron chi connectivity index (χ0n) is 11.9. The van der Waals surface area contributed by atoms with E-state index < -0.39 is 18.0 Å². The van der Waals surface area contributed by atoms with Gasteiger partial charge in [-0.1, -0.05) is 32.6 Å². The van der Waals surface area contributed by atoms with Gasteiger partial charge in [-0.2, -0.15) is 0 Å². The van der Waals surface area contributed by atoms with E-state index in [-0.39, 0.29) is 18.6 Å². The molecule has 2 atom stereocenters. The second-order valence-electron chi connectivity index (χ2n) is 5.38. The number of carboxylic acids is 1. The number of carbonyl (C=O) groups excluding carboxylic acids is 1. The minimum Gasteiger partial charge on any atom is -0.481 e. The molecule has 5 heteroatoms. The molecule has 0 radical (unpaired) electrons. The van der Waals surface area contributed by atoms with E-state index in [0.717, 1.165) is 25.7 Å². The summed E-state index contributed by atoms with van der Waals surface area (Å²) in [6.07, 6.45) is 6.51. The number of hydrogen-bond donors (Lipinski definition) is 2. The summed E-state index contributed by atoms with van der Waals surface area (Å²) in [7, 11) is 0. The molecule has 1 rings (SSSR count). The lowest BCUT2D eigenvalue weighted by Crippen LogP contribution is -2.39. The van der Waals surface area contributed by atoms with E-state index in [1.165, 1.54) is 12.8 Å². The second-order valence-corrected chi connectivity index (χ2v) is 5.38. The summed E-state index contributed by atoms with van der Waals surface area (Å²) in [6.45, 7) is 3.44. The molecular formula is C14H25NO4. The Hall–Kier alpha value is -1.10. The Balaban J connectivity index is 2.29. The lowest BCUT2D eigenvalue weighted by atomic mass is 10.1. The van der Waals surface area contributed by atoms with Crippen LogP contribution in [0.3, 0.4) is 0 Å². The van der Waals surface area contributed by atoms with E-state index in [2.05, 4.69) is 5.32 Å². The zero-order valence-corrected chi connectivity index (χ0v) is 11.9. The highest BCUT2D eigenvalue weighted by atomic mass is 16.5. The van der Waals surface area contributed by atoms with Gasteiger partial charge in [0.05, 0.1) is 12.0 Å². The minimum absolute atomic E-state index is 0.145. The van der Waals surface area contributed by atoms with E-state index in [1.807, 2.05) is 0 Å². The quantitative estimate of drug-likeness (QED) is 0.724. The third kappa shape index (κ3) is 6.05. The molecule has 1 aliphatic rings. The van der Waals surface area contributed by atoms with E-state index in [9.17, 15) is 9.59 Å². The first kappa shape index (κ1) is 16.0. The van der Waals surface area contributed by atoms with Crippen LogP contribution in [0.15, 0.2) is 0 Å². The van der Waals surface area contributed by atoms with E-state index in [0.29, 0.717) is 0 Å². The summed E-state index contributed by atoms with van der Waals surface area (Å²) < 4.78 is 5.77. The van der Waals surface area contributed by atoms with Crippen molar-refractivity contribution < 1.29 is 19.4 Å². The van der Waals surface area contributed by atoms with Crippen molar-refractivity contribution in [3.8, 4) is 0 Å². The summed E-state index contributed by atoms with van der Waals surface area (Å²) in [5.74, 6) is -1.70. The molecule has 110 valence electrons. The number of rotatable bonds is 6. The fourth-order valence-electron chi connectivity index (χ4n) is 2.21. The number of nitrogens with one attached hydrogen (secondary N) is 1. The Morgan fingerprint density at radius 3 is 2.32 bits per heavy atom. The average molecular weight is 271 g/mol. The Bertz CT molecular complexity index is 298. The van der Waals surface area contributed by atoms with Crippen LogP contribution in [0.25, 0.3) is 0 Å². The third-order valence-electron chi connectivity index (χ3n) is 3.57. The summed E-state index contributed by atoms with van der Waals surface area (Å²) >= 11 is 0. The number of aliphatic carboxylic acids is 1. The molecule has 19 heavy (non-hydrogen) atoms.